The first-order chi connectivity index (χ1) is 15.2. The summed E-state index contributed by atoms with van der Waals surface area (Å²) in [5, 5.41) is 0. The Labute approximate surface area is 184 Å². The summed E-state index contributed by atoms with van der Waals surface area (Å²) in [5.74, 6) is 2.64. The first-order valence-corrected chi connectivity index (χ1v) is 11.5. The zero-order valence-electron chi connectivity index (χ0n) is 18.2. The Bertz CT molecular complexity index is 975. The van der Waals surface area contributed by atoms with Crippen molar-refractivity contribution in [3.8, 4) is 11.5 Å². The SMILES string of the molecule is CCc1cc(N2CC=C(Oc3ccc(C4CC4)cc3)C2=O)ccc1OCCN1CCC1. The van der Waals surface area contributed by atoms with Crippen LogP contribution in [-0.4, -0.2) is 43.6 Å². The second kappa shape index (κ2) is 8.75. The van der Waals surface area contributed by atoms with Crippen LogP contribution in [0.25, 0.3) is 0 Å². The number of carbonyl (C=O) groups excluding carboxylic acids is 1. The number of likely N-dealkylation sites (tertiary alicyclic amines) is 1. The number of nitrogens with zero attached hydrogens (tertiary/aromatic N) is 2. The Balaban J connectivity index is 1.21. The normalized spacial score (nSPS) is 18.7. The Morgan fingerprint density at radius 2 is 1.87 bits per heavy atom. The van der Waals surface area contributed by atoms with Crippen molar-refractivity contribution in [1.29, 1.82) is 0 Å². The number of aryl methyl sites for hydroxylation is 1. The van der Waals surface area contributed by atoms with Gasteiger partial charge in [-0.2, -0.15) is 0 Å². The molecule has 0 aromatic heterocycles. The molecule has 0 unspecified atom stereocenters. The van der Waals surface area contributed by atoms with Crippen molar-refractivity contribution in [3.05, 3.63) is 65.4 Å². The Hall–Kier alpha value is -2.79. The molecule has 0 radical (unpaired) electrons. The number of amides is 1. The van der Waals surface area contributed by atoms with E-state index in [4.69, 9.17) is 9.47 Å². The third kappa shape index (κ3) is 4.47. The molecule has 2 aromatic rings. The van der Waals surface area contributed by atoms with Crippen LogP contribution in [0.15, 0.2) is 54.3 Å². The van der Waals surface area contributed by atoms with Gasteiger partial charge in [0.15, 0.2) is 5.76 Å². The van der Waals surface area contributed by atoms with E-state index in [1.807, 2.05) is 30.3 Å². The molecule has 3 aliphatic rings. The predicted molar refractivity (Wildman–Crippen MR) is 122 cm³/mol. The Kier molecular flexibility index (Phi) is 5.68. The molecule has 31 heavy (non-hydrogen) atoms. The summed E-state index contributed by atoms with van der Waals surface area (Å²) in [6, 6.07) is 14.2. The van der Waals surface area contributed by atoms with Gasteiger partial charge in [-0.3, -0.25) is 9.69 Å². The number of hydrogen-bond acceptors (Lipinski definition) is 4. The van der Waals surface area contributed by atoms with E-state index in [0.717, 1.165) is 30.0 Å². The minimum absolute atomic E-state index is 0.0974. The van der Waals surface area contributed by atoms with E-state index in [9.17, 15) is 4.79 Å². The molecular weight excluding hydrogens is 388 g/mol. The maximum absolute atomic E-state index is 13.0. The highest BCUT2D eigenvalue weighted by molar-refractivity contribution is 6.07. The highest BCUT2D eigenvalue weighted by atomic mass is 16.5. The standard InChI is InChI=1S/C26H30N2O3/c1-2-19-18-22(8-11-24(19)30-17-16-27-13-3-14-27)28-15-12-25(26(28)29)31-23-9-6-21(7-10-23)20-4-5-20/h6-12,18,20H,2-5,13-17H2,1H3. The van der Waals surface area contributed by atoms with Gasteiger partial charge >= 0.3 is 0 Å². The lowest BCUT2D eigenvalue weighted by atomic mass is 10.1. The number of rotatable bonds is 9. The van der Waals surface area contributed by atoms with Crippen molar-refractivity contribution < 1.29 is 14.3 Å². The fourth-order valence-electron chi connectivity index (χ4n) is 4.18. The zero-order chi connectivity index (χ0) is 21.2. The van der Waals surface area contributed by atoms with Crippen LogP contribution >= 0.6 is 0 Å². The summed E-state index contributed by atoms with van der Waals surface area (Å²) in [4.78, 5) is 17.1. The van der Waals surface area contributed by atoms with Crippen molar-refractivity contribution in [1.82, 2.24) is 4.90 Å². The molecule has 2 aliphatic heterocycles. The molecular formula is C26H30N2O3. The van der Waals surface area contributed by atoms with E-state index in [0.29, 0.717) is 30.6 Å². The lowest BCUT2D eigenvalue weighted by Crippen LogP contribution is -2.39. The van der Waals surface area contributed by atoms with Gasteiger partial charge in [-0.1, -0.05) is 19.1 Å². The van der Waals surface area contributed by atoms with Gasteiger partial charge < -0.3 is 14.4 Å². The van der Waals surface area contributed by atoms with Crippen LogP contribution < -0.4 is 14.4 Å². The second-order valence-corrected chi connectivity index (χ2v) is 8.62. The lowest BCUT2D eigenvalue weighted by Gasteiger charge is -2.30. The van der Waals surface area contributed by atoms with Gasteiger partial charge in [0.05, 0.1) is 0 Å². The number of benzene rings is 2. The van der Waals surface area contributed by atoms with Crippen LogP contribution in [0.1, 0.15) is 43.2 Å². The molecule has 162 valence electrons. The summed E-state index contributed by atoms with van der Waals surface area (Å²) in [5.41, 5.74) is 3.37. The number of carbonyl (C=O) groups is 1. The molecule has 1 aliphatic carbocycles. The summed E-state index contributed by atoms with van der Waals surface area (Å²) < 4.78 is 11.9. The fraction of sp³-hybridized carbons (Fsp3) is 0.423. The van der Waals surface area contributed by atoms with Gasteiger partial charge in [0.25, 0.3) is 5.91 Å². The lowest BCUT2D eigenvalue weighted by molar-refractivity contribution is -0.116. The summed E-state index contributed by atoms with van der Waals surface area (Å²) in [7, 11) is 0. The quantitative estimate of drug-likeness (QED) is 0.600. The molecule has 1 amide bonds. The molecule has 2 fully saturated rings. The molecule has 5 nitrogen and oxygen atoms in total. The van der Waals surface area contributed by atoms with E-state index in [-0.39, 0.29) is 5.91 Å². The third-order valence-corrected chi connectivity index (χ3v) is 6.42. The van der Waals surface area contributed by atoms with E-state index in [2.05, 4.69) is 30.0 Å². The maximum Gasteiger partial charge on any atom is 0.294 e. The molecule has 0 bridgehead atoms. The molecule has 2 heterocycles. The fourth-order valence-corrected chi connectivity index (χ4v) is 4.18. The van der Waals surface area contributed by atoms with Gasteiger partial charge in [0, 0.05) is 18.8 Å². The first kappa shape index (κ1) is 20.1. The second-order valence-electron chi connectivity index (χ2n) is 8.62. The van der Waals surface area contributed by atoms with Gasteiger partial charge in [-0.05, 0) is 92.2 Å². The summed E-state index contributed by atoms with van der Waals surface area (Å²) in [6.45, 7) is 6.68. The van der Waals surface area contributed by atoms with Gasteiger partial charge in [-0.25, -0.2) is 0 Å². The van der Waals surface area contributed by atoms with E-state index in [1.54, 1.807) is 4.90 Å². The molecule has 5 heteroatoms. The van der Waals surface area contributed by atoms with Crippen molar-refractivity contribution in [2.75, 3.05) is 37.7 Å². The van der Waals surface area contributed by atoms with Crippen molar-refractivity contribution >= 4 is 11.6 Å². The van der Waals surface area contributed by atoms with E-state index >= 15 is 0 Å². The van der Waals surface area contributed by atoms with Gasteiger partial charge in [0.2, 0.25) is 0 Å². The summed E-state index contributed by atoms with van der Waals surface area (Å²) in [6.07, 6.45) is 6.57. The highest BCUT2D eigenvalue weighted by Crippen LogP contribution is 2.40. The topological polar surface area (TPSA) is 42.0 Å². The maximum atomic E-state index is 13.0. The van der Waals surface area contributed by atoms with Crippen LogP contribution in [0.4, 0.5) is 5.69 Å². The predicted octanol–water partition coefficient (Wildman–Crippen LogP) is 4.52. The molecule has 1 saturated carbocycles. The van der Waals surface area contributed by atoms with Crippen LogP contribution in [0.3, 0.4) is 0 Å². The average molecular weight is 419 g/mol. The van der Waals surface area contributed by atoms with Crippen LogP contribution in [-0.2, 0) is 11.2 Å². The Morgan fingerprint density at radius 3 is 2.55 bits per heavy atom. The third-order valence-electron chi connectivity index (χ3n) is 6.42. The minimum Gasteiger partial charge on any atom is -0.492 e. The molecule has 2 aromatic carbocycles. The largest absolute Gasteiger partial charge is 0.492 e. The molecule has 0 spiro atoms. The van der Waals surface area contributed by atoms with Crippen molar-refractivity contribution in [2.24, 2.45) is 0 Å². The first-order valence-electron chi connectivity index (χ1n) is 11.5. The van der Waals surface area contributed by atoms with Crippen molar-refractivity contribution in [2.45, 2.75) is 38.5 Å². The molecule has 1 saturated heterocycles. The monoisotopic (exact) mass is 418 g/mol. The number of hydrogen-bond donors (Lipinski definition) is 0. The van der Waals surface area contributed by atoms with Crippen LogP contribution in [0, 0.1) is 0 Å². The van der Waals surface area contributed by atoms with Crippen molar-refractivity contribution in [3.63, 3.8) is 0 Å². The van der Waals surface area contributed by atoms with Gasteiger partial charge in [-0.15, -0.1) is 0 Å². The zero-order valence-corrected chi connectivity index (χ0v) is 18.2. The highest BCUT2D eigenvalue weighted by Gasteiger charge is 2.28. The van der Waals surface area contributed by atoms with E-state index < -0.39 is 0 Å². The van der Waals surface area contributed by atoms with Crippen LogP contribution in [0.5, 0.6) is 11.5 Å². The van der Waals surface area contributed by atoms with Gasteiger partial charge in [0.1, 0.15) is 18.1 Å². The summed E-state index contributed by atoms with van der Waals surface area (Å²) >= 11 is 0. The Morgan fingerprint density at radius 1 is 1.06 bits per heavy atom. The smallest absolute Gasteiger partial charge is 0.294 e. The molecule has 5 rings (SSSR count). The number of anilines is 1. The van der Waals surface area contributed by atoms with E-state index in [1.165, 1.54) is 37.9 Å². The number of ether oxygens (including phenoxy) is 2. The molecule has 0 atom stereocenters. The minimum atomic E-state index is -0.0974. The average Bonchev–Trinajstić information content (AvgIpc) is 3.55. The molecule has 0 N–H and O–H groups in total. The van der Waals surface area contributed by atoms with Crippen LogP contribution in [0.2, 0.25) is 0 Å².